The lowest BCUT2D eigenvalue weighted by atomic mass is 10.1. The molecule has 0 aliphatic carbocycles. The molecule has 2 heterocycles. The average molecular weight is 471 g/mol. The summed E-state index contributed by atoms with van der Waals surface area (Å²) in [6, 6.07) is 10.9. The number of carbonyl (C=O) groups excluding carboxylic acids is 2. The van der Waals surface area contributed by atoms with Crippen molar-refractivity contribution in [3.05, 3.63) is 76.3 Å². The molecule has 4 rings (SSSR count). The molecular formula is C24H24F2N4O2S. The van der Waals surface area contributed by atoms with Crippen molar-refractivity contribution in [2.75, 3.05) is 31.1 Å². The Bertz CT molecular complexity index is 1160. The summed E-state index contributed by atoms with van der Waals surface area (Å²) in [7, 11) is 0. The molecule has 0 bridgehead atoms. The topological polar surface area (TPSA) is 56.8 Å². The van der Waals surface area contributed by atoms with Crippen LogP contribution in [0.5, 0.6) is 0 Å². The number of aromatic nitrogens is 1. The van der Waals surface area contributed by atoms with E-state index >= 15 is 0 Å². The van der Waals surface area contributed by atoms with Gasteiger partial charge in [0, 0.05) is 50.6 Å². The Morgan fingerprint density at radius 1 is 1.03 bits per heavy atom. The van der Waals surface area contributed by atoms with Crippen molar-refractivity contribution in [1.29, 1.82) is 0 Å². The SMILES string of the molecule is CC(=O)N(c1ccc(C)cc1)c1nc(CN2CCN(C(=O)c3ccc(F)c(F)c3)CC2)cs1. The van der Waals surface area contributed by atoms with Gasteiger partial charge >= 0.3 is 0 Å². The lowest BCUT2D eigenvalue weighted by Gasteiger charge is -2.34. The summed E-state index contributed by atoms with van der Waals surface area (Å²) in [5.74, 6) is -2.41. The van der Waals surface area contributed by atoms with Crippen LogP contribution in [0, 0.1) is 18.6 Å². The first-order valence-electron chi connectivity index (χ1n) is 10.6. The Labute approximate surface area is 195 Å². The molecule has 1 fully saturated rings. The zero-order valence-corrected chi connectivity index (χ0v) is 19.2. The smallest absolute Gasteiger partial charge is 0.254 e. The maximum atomic E-state index is 13.5. The highest BCUT2D eigenvalue weighted by Gasteiger charge is 2.24. The number of halogens is 2. The van der Waals surface area contributed by atoms with E-state index in [1.54, 1.807) is 9.80 Å². The number of thiazole rings is 1. The second-order valence-electron chi connectivity index (χ2n) is 8.01. The van der Waals surface area contributed by atoms with Gasteiger partial charge < -0.3 is 4.90 Å². The zero-order valence-electron chi connectivity index (χ0n) is 18.4. The highest BCUT2D eigenvalue weighted by molar-refractivity contribution is 7.14. The summed E-state index contributed by atoms with van der Waals surface area (Å²) in [4.78, 5) is 35.0. The van der Waals surface area contributed by atoms with Gasteiger partial charge in [-0.05, 0) is 37.3 Å². The first-order chi connectivity index (χ1) is 15.8. The molecule has 1 aromatic heterocycles. The van der Waals surface area contributed by atoms with Gasteiger partial charge in [-0.3, -0.25) is 19.4 Å². The van der Waals surface area contributed by atoms with Crippen molar-refractivity contribution < 1.29 is 18.4 Å². The van der Waals surface area contributed by atoms with Gasteiger partial charge in [-0.2, -0.15) is 0 Å². The van der Waals surface area contributed by atoms with E-state index < -0.39 is 11.6 Å². The molecule has 1 saturated heterocycles. The maximum Gasteiger partial charge on any atom is 0.254 e. The van der Waals surface area contributed by atoms with E-state index in [-0.39, 0.29) is 17.4 Å². The molecule has 172 valence electrons. The average Bonchev–Trinajstić information content (AvgIpc) is 3.24. The van der Waals surface area contributed by atoms with Crippen molar-refractivity contribution in [1.82, 2.24) is 14.8 Å². The minimum atomic E-state index is -1.02. The van der Waals surface area contributed by atoms with Crippen LogP contribution in [0.25, 0.3) is 0 Å². The van der Waals surface area contributed by atoms with E-state index in [0.717, 1.165) is 29.1 Å². The van der Waals surface area contributed by atoms with Crippen molar-refractivity contribution in [3.63, 3.8) is 0 Å². The van der Waals surface area contributed by atoms with Crippen molar-refractivity contribution in [2.45, 2.75) is 20.4 Å². The Morgan fingerprint density at radius 2 is 1.73 bits per heavy atom. The normalized spacial score (nSPS) is 14.4. The van der Waals surface area contributed by atoms with Gasteiger partial charge in [0.1, 0.15) is 0 Å². The second kappa shape index (κ2) is 9.76. The zero-order chi connectivity index (χ0) is 23.5. The molecule has 1 aliphatic rings. The van der Waals surface area contributed by atoms with E-state index in [1.807, 2.05) is 36.6 Å². The van der Waals surface area contributed by atoms with Crippen LogP contribution in [0.2, 0.25) is 0 Å². The Morgan fingerprint density at radius 3 is 2.36 bits per heavy atom. The molecule has 3 aromatic rings. The number of carbonyl (C=O) groups is 2. The van der Waals surface area contributed by atoms with Crippen LogP contribution in [0.3, 0.4) is 0 Å². The number of aryl methyl sites for hydroxylation is 1. The molecule has 6 nitrogen and oxygen atoms in total. The van der Waals surface area contributed by atoms with Gasteiger partial charge in [0.05, 0.1) is 11.4 Å². The summed E-state index contributed by atoms with van der Waals surface area (Å²) in [5.41, 5.74) is 2.89. The Hall–Kier alpha value is -3.17. The molecule has 0 N–H and O–H groups in total. The molecule has 0 unspecified atom stereocenters. The van der Waals surface area contributed by atoms with Crippen molar-refractivity contribution in [3.8, 4) is 0 Å². The van der Waals surface area contributed by atoms with Crippen LogP contribution in [0.15, 0.2) is 47.8 Å². The summed E-state index contributed by atoms with van der Waals surface area (Å²) in [5, 5.41) is 2.56. The highest BCUT2D eigenvalue weighted by atomic mass is 32.1. The molecular weight excluding hydrogens is 446 g/mol. The predicted molar refractivity (Wildman–Crippen MR) is 124 cm³/mol. The minimum absolute atomic E-state index is 0.107. The summed E-state index contributed by atoms with van der Waals surface area (Å²) < 4.78 is 26.6. The van der Waals surface area contributed by atoms with E-state index in [1.165, 1.54) is 24.3 Å². The number of amides is 2. The largest absolute Gasteiger partial charge is 0.336 e. The fourth-order valence-corrected chi connectivity index (χ4v) is 4.62. The fourth-order valence-electron chi connectivity index (χ4n) is 3.74. The van der Waals surface area contributed by atoms with Crippen LogP contribution < -0.4 is 4.90 Å². The Balaban J connectivity index is 1.37. The maximum absolute atomic E-state index is 13.5. The van der Waals surface area contributed by atoms with Gasteiger partial charge in [-0.15, -0.1) is 11.3 Å². The Kier molecular flexibility index (Phi) is 6.80. The third-order valence-corrected chi connectivity index (χ3v) is 6.42. The van der Waals surface area contributed by atoms with Gasteiger partial charge in [0.25, 0.3) is 5.91 Å². The van der Waals surface area contributed by atoms with Crippen molar-refractivity contribution >= 4 is 34.0 Å². The third-order valence-electron chi connectivity index (χ3n) is 5.55. The monoisotopic (exact) mass is 470 g/mol. The second-order valence-corrected chi connectivity index (χ2v) is 8.85. The predicted octanol–water partition coefficient (Wildman–Crippen LogP) is 4.37. The molecule has 0 spiro atoms. The molecule has 2 amide bonds. The minimum Gasteiger partial charge on any atom is -0.336 e. The molecule has 0 atom stereocenters. The molecule has 0 saturated carbocycles. The summed E-state index contributed by atoms with van der Waals surface area (Å²) in [6.07, 6.45) is 0. The number of rotatable bonds is 5. The number of piperazine rings is 1. The van der Waals surface area contributed by atoms with Crippen LogP contribution in [-0.4, -0.2) is 52.8 Å². The fraction of sp³-hybridized carbons (Fsp3) is 0.292. The quantitative estimate of drug-likeness (QED) is 0.556. The number of anilines is 2. The van der Waals surface area contributed by atoms with E-state index in [2.05, 4.69) is 9.88 Å². The van der Waals surface area contributed by atoms with Gasteiger partial charge in [-0.1, -0.05) is 17.7 Å². The molecule has 9 heteroatoms. The lowest BCUT2D eigenvalue weighted by molar-refractivity contribution is -0.115. The van der Waals surface area contributed by atoms with E-state index in [0.29, 0.717) is 37.9 Å². The van der Waals surface area contributed by atoms with Crippen molar-refractivity contribution in [2.24, 2.45) is 0 Å². The van der Waals surface area contributed by atoms with Gasteiger partial charge in [0.15, 0.2) is 16.8 Å². The number of hydrogen-bond acceptors (Lipinski definition) is 5. The molecule has 0 radical (unpaired) electrons. The first-order valence-corrected chi connectivity index (χ1v) is 11.5. The summed E-state index contributed by atoms with van der Waals surface area (Å²) in [6.45, 7) is 6.35. The first kappa shape index (κ1) is 23.0. The van der Waals surface area contributed by atoms with E-state index in [9.17, 15) is 18.4 Å². The summed E-state index contributed by atoms with van der Waals surface area (Å²) >= 11 is 1.42. The van der Waals surface area contributed by atoms with Gasteiger partial charge in [-0.25, -0.2) is 13.8 Å². The standard InChI is InChI=1S/C24H24F2N4O2S/c1-16-3-6-20(7-4-16)30(17(2)31)24-27-19(15-33-24)14-28-9-11-29(12-10-28)23(32)18-5-8-21(25)22(26)13-18/h3-8,13,15H,9-12,14H2,1-2H3. The van der Waals surface area contributed by atoms with Crippen LogP contribution in [-0.2, 0) is 11.3 Å². The number of benzene rings is 2. The van der Waals surface area contributed by atoms with Gasteiger partial charge in [0.2, 0.25) is 5.91 Å². The third kappa shape index (κ3) is 5.26. The van der Waals surface area contributed by atoms with Crippen LogP contribution in [0.4, 0.5) is 19.6 Å². The molecule has 33 heavy (non-hydrogen) atoms. The van der Waals surface area contributed by atoms with Crippen LogP contribution >= 0.6 is 11.3 Å². The number of hydrogen-bond donors (Lipinski definition) is 0. The highest BCUT2D eigenvalue weighted by Crippen LogP contribution is 2.29. The van der Waals surface area contributed by atoms with Crippen LogP contribution in [0.1, 0.15) is 28.5 Å². The molecule has 1 aliphatic heterocycles. The lowest BCUT2D eigenvalue weighted by Crippen LogP contribution is -2.48. The molecule has 2 aromatic carbocycles. The van der Waals surface area contributed by atoms with E-state index in [4.69, 9.17) is 0 Å². The number of nitrogens with zero attached hydrogens (tertiary/aromatic N) is 4.